The Hall–Kier alpha value is -3.61. The van der Waals surface area contributed by atoms with Gasteiger partial charge >= 0.3 is 5.97 Å². The predicted octanol–water partition coefficient (Wildman–Crippen LogP) is 6.55. The Balaban J connectivity index is 2.15. The number of carbonyl (C=O) groups excluding carboxylic acids is 1. The molecule has 0 fully saturated rings. The zero-order chi connectivity index (χ0) is 25.7. The quantitative estimate of drug-likeness (QED) is 0.339. The molecule has 0 unspecified atom stereocenters. The number of halogens is 1. The van der Waals surface area contributed by atoms with Crippen molar-refractivity contribution in [3.63, 3.8) is 0 Å². The van der Waals surface area contributed by atoms with Gasteiger partial charge in [0.05, 0.1) is 19.8 Å². The standard InChI is InChI=1S/C28H34FN3O3/c1-16(2)14-30-20-9-10-21(24(29)12-20)22-13-23(28(33)35-7)26(18(5)27(22)34-6)19-8-11-25(31-15-19)32-17(3)4/h8-13,15-17,30H,14H2,1-7H3,(H,31,32). The molecule has 35 heavy (non-hydrogen) atoms. The highest BCUT2D eigenvalue weighted by Crippen LogP contribution is 2.42. The Labute approximate surface area is 206 Å². The lowest BCUT2D eigenvalue weighted by Crippen LogP contribution is -2.11. The highest BCUT2D eigenvalue weighted by atomic mass is 19.1. The molecule has 0 radical (unpaired) electrons. The van der Waals surface area contributed by atoms with Crippen LogP contribution in [0.1, 0.15) is 43.6 Å². The van der Waals surface area contributed by atoms with Gasteiger partial charge in [-0.25, -0.2) is 14.2 Å². The maximum absolute atomic E-state index is 15.3. The van der Waals surface area contributed by atoms with E-state index >= 15 is 4.39 Å². The van der Waals surface area contributed by atoms with Crippen molar-refractivity contribution in [1.29, 1.82) is 0 Å². The first-order valence-electron chi connectivity index (χ1n) is 11.7. The van der Waals surface area contributed by atoms with E-state index in [1.54, 1.807) is 18.3 Å². The number of anilines is 2. The summed E-state index contributed by atoms with van der Waals surface area (Å²) in [5.74, 6) is 0.717. The summed E-state index contributed by atoms with van der Waals surface area (Å²) < 4.78 is 26.1. The number of carbonyl (C=O) groups is 1. The van der Waals surface area contributed by atoms with Crippen molar-refractivity contribution < 1.29 is 18.7 Å². The van der Waals surface area contributed by atoms with Crippen LogP contribution in [-0.2, 0) is 4.74 Å². The molecule has 0 saturated carbocycles. The van der Waals surface area contributed by atoms with Crippen LogP contribution in [0.15, 0.2) is 42.6 Å². The summed E-state index contributed by atoms with van der Waals surface area (Å²) >= 11 is 0. The van der Waals surface area contributed by atoms with Crippen molar-refractivity contribution in [1.82, 2.24) is 4.98 Å². The highest BCUT2D eigenvalue weighted by Gasteiger charge is 2.24. The van der Waals surface area contributed by atoms with Gasteiger partial charge in [-0.15, -0.1) is 0 Å². The van der Waals surface area contributed by atoms with Crippen LogP contribution in [0.4, 0.5) is 15.9 Å². The number of nitrogens with one attached hydrogen (secondary N) is 2. The molecule has 0 bridgehead atoms. The van der Waals surface area contributed by atoms with Gasteiger partial charge in [-0.2, -0.15) is 0 Å². The van der Waals surface area contributed by atoms with Crippen LogP contribution >= 0.6 is 0 Å². The van der Waals surface area contributed by atoms with E-state index < -0.39 is 11.8 Å². The molecule has 0 spiro atoms. The minimum atomic E-state index is -0.521. The van der Waals surface area contributed by atoms with Crippen molar-refractivity contribution in [3.8, 4) is 28.0 Å². The number of nitrogens with zero attached hydrogens (tertiary/aromatic N) is 1. The normalized spacial score (nSPS) is 11.0. The molecule has 186 valence electrons. The number of pyridine rings is 1. The van der Waals surface area contributed by atoms with Gasteiger partial charge < -0.3 is 20.1 Å². The summed E-state index contributed by atoms with van der Waals surface area (Å²) in [6.07, 6.45) is 1.70. The maximum atomic E-state index is 15.3. The molecule has 0 atom stereocenters. The highest BCUT2D eigenvalue weighted by molar-refractivity contribution is 6.01. The van der Waals surface area contributed by atoms with E-state index in [1.807, 2.05) is 39.0 Å². The molecule has 0 aliphatic rings. The number of rotatable bonds is 9. The van der Waals surface area contributed by atoms with E-state index in [2.05, 4.69) is 29.5 Å². The molecule has 0 saturated heterocycles. The fraction of sp³-hybridized carbons (Fsp3) is 0.357. The summed E-state index contributed by atoms with van der Waals surface area (Å²) in [6.45, 7) is 10.8. The molecule has 0 aliphatic heterocycles. The summed E-state index contributed by atoms with van der Waals surface area (Å²) in [7, 11) is 2.87. The van der Waals surface area contributed by atoms with Crippen molar-refractivity contribution in [3.05, 3.63) is 59.5 Å². The fourth-order valence-electron chi connectivity index (χ4n) is 3.99. The van der Waals surface area contributed by atoms with Gasteiger partial charge in [0.2, 0.25) is 0 Å². The van der Waals surface area contributed by atoms with Crippen molar-refractivity contribution in [2.45, 2.75) is 40.7 Å². The topological polar surface area (TPSA) is 72.5 Å². The first-order chi connectivity index (χ1) is 16.7. The van der Waals surface area contributed by atoms with Crippen molar-refractivity contribution in [2.24, 2.45) is 5.92 Å². The molecule has 1 heterocycles. The molecule has 0 aliphatic carbocycles. The number of benzene rings is 2. The third kappa shape index (κ3) is 5.91. The Bertz CT molecular complexity index is 1190. The zero-order valence-corrected chi connectivity index (χ0v) is 21.5. The molecular weight excluding hydrogens is 445 g/mol. The Kier molecular flexibility index (Phi) is 8.33. The van der Waals surface area contributed by atoms with E-state index in [1.165, 1.54) is 20.3 Å². The average Bonchev–Trinajstić information content (AvgIpc) is 2.82. The third-order valence-corrected chi connectivity index (χ3v) is 5.59. The molecule has 2 aromatic carbocycles. The van der Waals surface area contributed by atoms with Crippen LogP contribution in [0.5, 0.6) is 5.75 Å². The molecule has 3 rings (SSSR count). The number of ether oxygens (including phenoxy) is 2. The van der Waals surface area contributed by atoms with E-state index in [4.69, 9.17) is 9.47 Å². The minimum Gasteiger partial charge on any atom is -0.496 e. The lowest BCUT2D eigenvalue weighted by Gasteiger charge is -2.20. The van der Waals surface area contributed by atoms with Crippen LogP contribution in [0, 0.1) is 18.7 Å². The fourth-order valence-corrected chi connectivity index (χ4v) is 3.99. The third-order valence-electron chi connectivity index (χ3n) is 5.59. The Morgan fingerprint density at radius 3 is 2.34 bits per heavy atom. The Morgan fingerprint density at radius 2 is 1.80 bits per heavy atom. The zero-order valence-electron chi connectivity index (χ0n) is 21.5. The largest absolute Gasteiger partial charge is 0.496 e. The maximum Gasteiger partial charge on any atom is 0.338 e. The summed E-state index contributed by atoms with van der Waals surface area (Å²) in [4.78, 5) is 17.3. The van der Waals surface area contributed by atoms with E-state index in [0.717, 1.165) is 17.9 Å². The summed E-state index contributed by atoms with van der Waals surface area (Å²) in [5.41, 5.74) is 3.89. The second-order valence-electron chi connectivity index (χ2n) is 9.20. The number of methoxy groups -OCH3 is 2. The van der Waals surface area contributed by atoms with Gasteiger partial charge in [-0.1, -0.05) is 13.8 Å². The lowest BCUT2D eigenvalue weighted by molar-refractivity contribution is 0.0601. The minimum absolute atomic E-state index is 0.238. The smallest absolute Gasteiger partial charge is 0.338 e. The average molecular weight is 480 g/mol. The molecule has 2 N–H and O–H groups in total. The van der Waals surface area contributed by atoms with Crippen LogP contribution in [0.3, 0.4) is 0 Å². The van der Waals surface area contributed by atoms with Gasteiger partial charge in [-0.05, 0) is 63.1 Å². The number of aromatic nitrogens is 1. The molecule has 6 nitrogen and oxygen atoms in total. The Morgan fingerprint density at radius 1 is 1.06 bits per heavy atom. The number of esters is 1. The molecular formula is C28H34FN3O3. The SMILES string of the molecule is COC(=O)c1cc(-c2ccc(NCC(C)C)cc2F)c(OC)c(C)c1-c1ccc(NC(C)C)nc1. The van der Waals surface area contributed by atoms with E-state index in [-0.39, 0.29) is 6.04 Å². The number of hydrogen-bond donors (Lipinski definition) is 2. The van der Waals surface area contributed by atoms with Crippen LogP contribution in [0.2, 0.25) is 0 Å². The summed E-state index contributed by atoms with van der Waals surface area (Å²) in [5, 5.41) is 6.48. The molecule has 3 aromatic rings. The first kappa shape index (κ1) is 26.0. The van der Waals surface area contributed by atoms with Gasteiger partial charge in [-0.3, -0.25) is 0 Å². The van der Waals surface area contributed by atoms with E-state index in [9.17, 15) is 4.79 Å². The molecule has 0 amide bonds. The second kappa shape index (κ2) is 11.2. The van der Waals surface area contributed by atoms with Crippen LogP contribution < -0.4 is 15.4 Å². The van der Waals surface area contributed by atoms with Gasteiger partial charge in [0.15, 0.2) is 0 Å². The van der Waals surface area contributed by atoms with Crippen LogP contribution in [-0.4, -0.2) is 37.8 Å². The second-order valence-corrected chi connectivity index (χ2v) is 9.20. The predicted molar refractivity (Wildman–Crippen MR) is 140 cm³/mol. The van der Waals surface area contributed by atoms with Gasteiger partial charge in [0, 0.05) is 52.3 Å². The van der Waals surface area contributed by atoms with Crippen molar-refractivity contribution in [2.75, 3.05) is 31.4 Å². The van der Waals surface area contributed by atoms with Crippen LogP contribution in [0.25, 0.3) is 22.3 Å². The van der Waals surface area contributed by atoms with Gasteiger partial charge in [0.25, 0.3) is 0 Å². The van der Waals surface area contributed by atoms with Gasteiger partial charge in [0.1, 0.15) is 17.4 Å². The first-order valence-corrected chi connectivity index (χ1v) is 11.7. The summed E-state index contributed by atoms with van der Waals surface area (Å²) in [6, 6.07) is 10.6. The molecule has 1 aromatic heterocycles. The van der Waals surface area contributed by atoms with E-state index in [0.29, 0.717) is 45.2 Å². The lowest BCUT2D eigenvalue weighted by atomic mass is 9.90. The van der Waals surface area contributed by atoms with Crippen molar-refractivity contribution >= 4 is 17.5 Å². The monoisotopic (exact) mass is 479 g/mol. The number of hydrogen-bond acceptors (Lipinski definition) is 6. The molecule has 7 heteroatoms.